The van der Waals surface area contributed by atoms with Crippen molar-refractivity contribution in [3.05, 3.63) is 35.1 Å². The molecule has 0 saturated heterocycles. The van der Waals surface area contributed by atoms with Gasteiger partial charge in [-0.2, -0.15) is 13.2 Å². The number of aliphatic hydroxyl groups is 1. The van der Waals surface area contributed by atoms with Gasteiger partial charge in [-0.25, -0.2) is 4.39 Å². The summed E-state index contributed by atoms with van der Waals surface area (Å²) < 4.78 is 50.0. The third-order valence-electron chi connectivity index (χ3n) is 2.26. The first-order valence-corrected chi connectivity index (χ1v) is 4.81. The summed E-state index contributed by atoms with van der Waals surface area (Å²) in [5.41, 5.74) is -0.806. The first kappa shape index (κ1) is 13.0. The highest BCUT2D eigenvalue weighted by atomic mass is 19.4. The monoisotopic (exact) mass is 236 g/mol. The van der Waals surface area contributed by atoms with Crippen LogP contribution in [0.2, 0.25) is 0 Å². The smallest absolute Gasteiger partial charge is 0.396 e. The van der Waals surface area contributed by atoms with Crippen LogP contribution in [0.1, 0.15) is 18.1 Å². The quantitative estimate of drug-likeness (QED) is 0.800. The predicted molar refractivity (Wildman–Crippen MR) is 51.4 cm³/mol. The molecule has 0 saturated carbocycles. The van der Waals surface area contributed by atoms with Crippen LogP contribution in [0.25, 0.3) is 0 Å². The summed E-state index contributed by atoms with van der Waals surface area (Å²) in [4.78, 5) is 0. The molecule has 0 aliphatic heterocycles. The third kappa shape index (κ3) is 3.20. The lowest BCUT2D eigenvalue weighted by molar-refractivity contribution is -0.137. The second-order valence-corrected chi connectivity index (χ2v) is 3.80. The molecule has 1 aromatic rings. The molecule has 1 N–H and O–H groups in total. The normalized spacial score (nSPS) is 13.9. The lowest BCUT2D eigenvalue weighted by atomic mass is 10.00. The maximum atomic E-state index is 13.3. The number of alkyl halides is 3. The number of benzene rings is 1. The Labute approximate surface area is 90.7 Å². The van der Waals surface area contributed by atoms with E-state index in [1.54, 1.807) is 6.92 Å². The Balaban J connectivity index is 2.92. The molecular weight excluding hydrogens is 224 g/mol. The zero-order valence-electron chi connectivity index (χ0n) is 8.68. The van der Waals surface area contributed by atoms with Crippen LogP contribution in [-0.2, 0) is 12.6 Å². The molecule has 1 unspecified atom stereocenters. The van der Waals surface area contributed by atoms with Crippen molar-refractivity contribution in [2.75, 3.05) is 6.61 Å². The molecule has 1 aromatic carbocycles. The van der Waals surface area contributed by atoms with Crippen molar-refractivity contribution in [3.8, 4) is 0 Å². The van der Waals surface area contributed by atoms with E-state index >= 15 is 0 Å². The van der Waals surface area contributed by atoms with Crippen LogP contribution in [0, 0.1) is 11.7 Å². The Morgan fingerprint density at radius 1 is 1.31 bits per heavy atom. The summed E-state index contributed by atoms with van der Waals surface area (Å²) in [5, 5.41) is 8.77. The van der Waals surface area contributed by atoms with E-state index in [0.717, 1.165) is 12.1 Å². The van der Waals surface area contributed by atoms with Crippen LogP contribution in [0.15, 0.2) is 18.2 Å². The maximum Gasteiger partial charge on any atom is 0.416 e. The molecule has 90 valence electrons. The number of hydrogen-bond acceptors (Lipinski definition) is 1. The molecule has 0 amide bonds. The summed E-state index contributed by atoms with van der Waals surface area (Å²) in [7, 11) is 0. The Morgan fingerprint density at radius 3 is 2.38 bits per heavy atom. The fourth-order valence-corrected chi connectivity index (χ4v) is 1.33. The number of rotatable bonds is 3. The average molecular weight is 236 g/mol. The largest absolute Gasteiger partial charge is 0.416 e. The van der Waals surface area contributed by atoms with Gasteiger partial charge in [-0.15, -0.1) is 0 Å². The van der Waals surface area contributed by atoms with Crippen LogP contribution in [0.3, 0.4) is 0 Å². The van der Waals surface area contributed by atoms with Gasteiger partial charge in [-0.1, -0.05) is 13.0 Å². The zero-order valence-corrected chi connectivity index (χ0v) is 8.68. The van der Waals surface area contributed by atoms with Gasteiger partial charge >= 0.3 is 6.18 Å². The fraction of sp³-hybridized carbons (Fsp3) is 0.455. The van der Waals surface area contributed by atoms with E-state index in [4.69, 9.17) is 5.11 Å². The predicted octanol–water partition coefficient (Wildman–Crippen LogP) is 3.02. The minimum atomic E-state index is -4.53. The molecule has 0 bridgehead atoms. The number of aliphatic hydroxyl groups excluding tert-OH is 1. The van der Waals surface area contributed by atoms with Gasteiger partial charge in [-0.05, 0) is 30.0 Å². The Kier molecular flexibility index (Phi) is 3.91. The molecule has 0 aromatic heterocycles. The first-order valence-electron chi connectivity index (χ1n) is 4.81. The molecule has 0 spiro atoms. The van der Waals surface area contributed by atoms with Gasteiger partial charge in [0.15, 0.2) is 0 Å². The van der Waals surface area contributed by atoms with E-state index in [9.17, 15) is 17.6 Å². The lowest BCUT2D eigenvalue weighted by Crippen LogP contribution is -2.09. The van der Waals surface area contributed by atoms with Crippen molar-refractivity contribution < 1.29 is 22.7 Å². The molecule has 0 heterocycles. The minimum Gasteiger partial charge on any atom is -0.396 e. The van der Waals surface area contributed by atoms with Crippen molar-refractivity contribution in [1.82, 2.24) is 0 Å². The highest BCUT2D eigenvalue weighted by Crippen LogP contribution is 2.30. The van der Waals surface area contributed by atoms with E-state index in [1.165, 1.54) is 0 Å². The topological polar surface area (TPSA) is 20.2 Å². The van der Waals surface area contributed by atoms with Crippen LogP contribution < -0.4 is 0 Å². The van der Waals surface area contributed by atoms with Crippen molar-refractivity contribution >= 4 is 0 Å². The van der Waals surface area contributed by atoms with Gasteiger partial charge < -0.3 is 5.11 Å². The summed E-state index contributed by atoms with van der Waals surface area (Å²) in [5.74, 6) is -1.05. The maximum absolute atomic E-state index is 13.3. The molecule has 1 nitrogen and oxygen atoms in total. The number of halogens is 4. The molecular formula is C11H12F4O. The lowest BCUT2D eigenvalue weighted by Gasteiger charge is -2.11. The van der Waals surface area contributed by atoms with E-state index in [0.29, 0.717) is 6.07 Å². The summed E-state index contributed by atoms with van der Waals surface area (Å²) in [6, 6.07) is 2.45. The molecule has 1 rings (SSSR count). The summed E-state index contributed by atoms with van der Waals surface area (Å²) in [6.07, 6.45) is -4.30. The Hall–Kier alpha value is -1.10. The Morgan fingerprint density at radius 2 is 1.94 bits per heavy atom. The first-order chi connectivity index (χ1) is 7.34. The standard InChI is InChI=1S/C11H12F4O/c1-7(6-16)4-8-2-3-9(5-10(8)12)11(13,14)15/h2-3,5,7,16H,4,6H2,1H3. The van der Waals surface area contributed by atoms with Crippen molar-refractivity contribution in [2.45, 2.75) is 19.5 Å². The number of hydrogen-bond donors (Lipinski definition) is 1. The van der Waals surface area contributed by atoms with Crippen LogP contribution in [0.5, 0.6) is 0 Å². The minimum absolute atomic E-state index is 0.125. The molecule has 1 atom stereocenters. The van der Waals surface area contributed by atoms with Gasteiger partial charge in [0, 0.05) is 6.61 Å². The van der Waals surface area contributed by atoms with Gasteiger partial charge in [0.25, 0.3) is 0 Å². The fourth-order valence-electron chi connectivity index (χ4n) is 1.33. The van der Waals surface area contributed by atoms with E-state index in [-0.39, 0.29) is 24.5 Å². The molecule has 0 fully saturated rings. The SMILES string of the molecule is CC(CO)Cc1ccc(C(F)(F)F)cc1F. The second kappa shape index (κ2) is 4.82. The van der Waals surface area contributed by atoms with Crippen molar-refractivity contribution in [2.24, 2.45) is 5.92 Å². The molecule has 0 aliphatic rings. The van der Waals surface area contributed by atoms with E-state index in [2.05, 4.69) is 0 Å². The van der Waals surface area contributed by atoms with Crippen LogP contribution in [-0.4, -0.2) is 11.7 Å². The van der Waals surface area contributed by atoms with Gasteiger partial charge in [0.05, 0.1) is 5.56 Å². The molecule has 0 radical (unpaired) electrons. The average Bonchev–Trinajstić information content (AvgIpc) is 2.19. The van der Waals surface area contributed by atoms with E-state index in [1.807, 2.05) is 0 Å². The summed E-state index contributed by atoms with van der Waals surface area (Å²) >= 11 is 0. The van der Waals surface area contributed by atoms with E-state index < -0.39 is 17.6 Å². The molecule has 0 aliphatic carbocycles. The highest BCUT2D eigenvalue weighted by molar-refractivity contribution is 5.26. The second-order valence-electron chi connectivity index (χ2n) is 3.80. The molecule has 5 heteroatoms. The van der Waals surface area contributed by atoms with Crippen molar-refractivity contribution in [1.29, 1.82) is 0 Å². The molecule has 16 heavy (non-hydrogen) atoms. The zero-order chi connectivity index (χ0) is 12.3. The van der Waals surface area contributed by atoms with Gasteiger partial charge in [-0.3, -0.25) is 0 Å². The van der Waals surface area contributed by atoms with Gasteiger partial charge in [0.2, 0.25) is 0 Å². The van der Waals surface area contributed by atoms with Crippen molar-refractivity contribution in [3.63, 3.8) is 0 Å². The van der Waals surface area contributed by atoms with Gasteiger partial charge in [0.1, 0.15) is 5.82 Å². The summed E-state index contributed by atoms with van der Waals surface area (Å²) in [6.45, 7) is 1.57. The third-order valence-corrected chi connectivity index (χ3v) is 2.26. The van der Waals surface area contributed by atoms with Crippen LogP contribution in [0.4, 0.5) is 17.6 Å². The van der Waals surface area contributed by atoms with Crippen LogP contribution >= 0.6 is 0 Å². The Bertz CT molecular complexity index is 359. The highest BCUT2D eigenvalue weighted by Gasteiger charge is 2.31.